The summed E-state index contributed by atoms with van der Waals surface area (Å²) in [7, 11) is 2.18. The maximum absolute atomic E-state index is 13.4. The second-order valence-corrected chi connectivity index (χ2v) is 10.1. The first kappa shape index (κ1) is 22.9. The third-order valence-electron chi connectivity index (χ3n) is 7.50. The third-order valence-corrected chi connectivity index (χ3v) is 7.50. The molecule has 2 aliphatic heterocycles. The SMILES string of the molecule is Cc1c(C(C)Nc2nnc(C)c3ccc(N4CC5(CCN(C)C5)C4)cc23)cccc1C(F)(F)F. The summed E-state index contributed by atoms with van der Waals surface area (Å²) in [6.45, 7) is 9.69. The maximum atomic E-state index is 13.4. The predicted octanol–water partition coefficient (Wildman–Crippen LogP) is 5.58. The number of fused-ring (bicyclic) bond motifs is 1. The Morgan fingerprint density at radius 1 is 1.03 bits per heavy atom. The number of aromatic nitrogens is 2. The van der Waals surface area contributed by atoms with Crippen LogP contribution in [-0.4, -0.2) is 48.3 Å². The summed E-state index contributed by atoms with van der Waals surface area (Å²) in [4.78, 5) is 4.80. The van der Waals surface area contributed by atoms with Gasteiger partial charge in [-0.15, -0.1) is 5.10 Å². The lowest BCUT2D eigenvalue weighted by Gasteiger charge is -2.49. The van der Waals surface area contributed by atoms with Gasteiger partial charge in [0.15, 0.2) is 5.82 Å². The van der Waals surface area contributed by atoms with Crippen LogP contribution >= 0.6 is 0 Å². The van der Waals surface area contributed by atoms with Crippen molar-refractivity contribution in [3.8, 4) is 0 Å². The smallest absolute Gasteiger partial charge is 0.370 e. The fourth-order valence-corrected chi connectivity index (χ4v) is 5.66. The van der Waals surface area contributed by atoms with Crippen LogP contribution in [0.2, 0.25) is 0 Å². The van der Waals surface area contributed by atoms with E-state index in [-0.39, 0.29) is 11.6 Å². The average Bonchev–Trinajstić information content (AvgIpc) is 3.16. The molecule has 34 heavy (non-hydrogen) atoms. The van der Waals surface area contributed by atoms with Crippen molar-refractivity contribution in [3.63, 3.8) is 0 Å². The van der Waals surface area contributed by atoms with E-state index in [1.54, 1.807) is 6.07 Å². The van der Waals surface area contributed by atoms with Crippen LogP contribution < -0.4 is 10.2 Å². The number of halogens is 3. The highest BCUT2D eigenvalue weighted by molar-refractivity contribution is 5.95. The fraction of sp³-hybridized carbons (Fsp3) is 0.462. The molecule has 0 bridgehead atoms. The minimum Gasteiger partial charge on any atom is -0.370 e. The molecule has 2 aromatic carbocycles. The molecule has 0 aliphatic carbocycles. The van der Waals surface area contributed by atoms with Crippen LogP contribution in [0.15, 0.2) is 36.4 Å². The van der Waals surface area contributed by atoms with Crippen LogP contribution in [0.5, 0.6) is 0 Å². The van der Waals surface area contributed by atoms with Crippen molar-refractivity contribution in [1.29, 1.82) is 0 Å². The molecule has 0 amide bonds. The summed E-state index contributed by atoms with van der Waals surface area (Å²) >= 11 is 0. The summed E-state index contributed by atoms with van der Waals surface area (Å²) in [5.41, 5.74) is 2.58. The Hall–Kier alpha value is -2.87. The average molecular weight is 470 g/mol. The van der Waals surface area contributed by atoms with E-state index >= 15 is 0 Å². The van der Waals surface area contributed by atoms with Gasteiger partial charge in [0.05, 0.1) is 17.3 Å². The molecule has 2 fully saturated rings. The molecule has 8 heteroatoms. The van der Waals surface area contributed by atoms with Gasteiger partial charge in [0, 0.05) is 41.5 Å². The first-order valence-corrected chi connectivity index (χ1v) is 11.7. The van der Waals surface area contributed by atoms with Gasteiger partial charge in [0.2, 0.25) is 0 Å². The van der Waals surface area contributed by atoms with Crippen LogP contribution in [0.3, 0.4) is 0 Å². The van der Waals surface area contributed by atoms with Crippen LogP contribution in [-0.2, 0) is 6.18 Å². The lowest BCUT2D eigenvalue weighted by molar-refractivity contribution is -0.138. The highest BCUT2D eigenvalue weighted by Crippen LogP contribution is 2.42. The third kappa shape index (κ3) is 3.98. The molecule has 2 saturated heterocycles. The van der Waals surface area contributed by atoms with E-state index in [9.17, 15) is 13.2 Å². The minimum atomic E-state index is -4.38. The number of nitrogens with one attached hydrogen (secondary N) is 1. The van der Waals surface area contributed by atoms with E-state index in [1.807, 2.05) is 13.8 Å². The highest BCUT2D eigenvalue weighted by atomic mass is 19.4. The number of rotatable bonds is 4. The molecule has 5 rings (SSSR count). The Morgan fingerprint density at radius 2 is 1.79 bits per heavy atom. The predicted molar refractivity (Wildman–Crippen MR) is 129 cm³/mol. The molecule has 0 saturated carbocycles. The van der Waals surface area contributed by atoms with Crippen molar-refractivity contribution in [1.82, 2.24) is 15.1 Å². The van der Waals surface area contributed by atoms with Gasteiger partial charge in [-0.3, -0.25) is 0 Å². The van der Waals surface area contributed by atoms with Crippen molar-refractivity contribution in [3.05, 3.63) is 58.8 Å². The molecule has 1 spiro atoms. The summed E-state index contributed by atoms with van der Waals surface area (Å²) < 4.78 is 40.2. The first-order chi connectivity index (χ1) is 16.1. The summed E-state index contributed by atoms with van der Waals surface area (Å²) in [6.07, 6.45) is -3.15. The van der Waals surface area contributed by atoms with Crippen molar-refractivity contribution in [2.75, 3.05) is 43.4 Å². The summed E-state index contributed by atoms with van der Waals surface area (Å²) in [5.74, 6) is 0.586. The highest BCUT2D eigenvalue weighted by Gasteiger charge is 2.46. The Labute approximate surface area is 198 Å². The Bertz CT molecular complexity index is 1230. The zero-order chi connectivity index (χ0) is 24.3. The first-order valence-electron chi connectivity index (χ1n) is 11.7. The Balaban J connectivity index is 1.44. The van der Waals surface area contributed by atoms with E-state index in [2.05, 4.69) is 50.6 Å². The molecule has 3 heterocycles. The molecule has 0 radical (unpaired) electrons. The monoisotopic (exact) mass is 469 g/mol. The van der Waals surface area contributed by atoms with Crippen molar-refractivity contribution >= 4 is 22.3 Å². The van der Waals surface area contributed by atoms with E-state index < -0.39 is 11.7 Å². The number of nitrogens with zero attached hydrogens (tertiary/aromatic N) is 4. The molecule has 1 aromatic heterocycles. The maximum Gasteiger partial charge on any atom is 0.416 e. The lowest BCUT2D eigenvalue weighted by Crippen LogP contribution is -2.57. The quantitative estimate of drug-likeness (QED) is 0.540. The van der Waals surface area contributed by atoms with Crippen LogP contribution in [0.4, 0.5) is 24.7 Å². The standard InChI is InChI=1S/C26H30F3N5/c1-16-20(6-5-7-23(16)26(27,28)29)17(2)30-24-22-12-19(8-9-21(22)18(3)31-32-24)34-14-25(15-34)10-11-33(4)13-25/h5-9,12,17H,10-11,13-15H2,1-4H3,(H,30,32). The molecule has 2 aliphatic rings. The molecular formula is C26H30F3N5. The van der Waals surface area contributed by atoms with Crippen LogP contribution in [0, 0.1) is 19.3 Å². The molecular weight excluding hydrogens is 439 g/mol. The number of alkyl halides is 3. The van der Waals surface area contributed by atoms with Gasteiger partial charge < -0.3 is 15.1 Å². The van der Waals surface area contributed by atoms with Crippen molar-refractivity contribution < 1.29 is 13.2 Å². The van der Waals surface area contributed by atoms with Gasteiger partial charge in [-0.05, 0) is 70.1 Å². The normalized spacial score (nSPS) is 19.0. The molecule has 3 aromatic rings. The topological polar surface area (TPSA) is 44.3 Å². The second-order valence-electron chi connectivity index (χ2n) is 10.1. The van der Waals surface area contributed by atoms with Gasteiger partial charge in [-0.25, -0.2) is 0 Å². The largest absolute Gasteiger partial charge is 0.416 e. The Morgan fingerprint density at radius 3 is 2.47 bits per heavy atom. The number of likely N-dealkylation sites (tertiary alicyclic amines) is 1. The molecule has 180 valence electrons. The number of hydrogen-bond acceptors (Lipinski definition) is 5. The van der Waals surface area contributed by atoms with E-state index in [4.69, 9.17) is 0 Å². The fourth-order valence-electron chi connectivity index (χ4n) is 5.66. The molecule has 5 nitrogen and oxygen atoms in total. The van der Waals surface area contributed by atoms with Crippen molar-refractivity contribution in [2.24, 2.45) is 5.41 Å². The summed E-state index contributed by atoms with van der Waals surface area (Å²) in [5, 5.41) is 14.0. The van der Waals surface area contributed by atoms with Crippen molar-refractivity contribution in [2.45, 2.75) is 39.4 Å². The number of anilines is 2. The number of aryl methyl sites for hydroxylation is 1. The Kier molecular flexibility index (Phi) is 5.47. The van der Waals surface area contributed by atoms with Gasteiger partial charge in [0.25, 0.3) is 0 Å². The van der Waals surface area contributed by atoms with Crippen LogP contribution in [0.1, 0.15) is 41.8 Å². The van der Waals surface area contributed by atoms with Gasteiger partial charge >= 0.3 is 6.18 Å². The zero-order valence-corrected chi connectivity index (χ0v) is 20.0. The van der Waals surface area contributed by atoms with E-state index in [0.717, 1.165) is 54.4 Å². The number of hydrogen-bond donors (Lipinski definition) is 1. The molecule has 1 N–H and O–H groups in total. The van der Waals surface area contributed by atoms with Gasteiger partial charge in [-0.1, -0.05) is 18.2 Å². The van der Waals surface area contributed by atoms with Crippen LogP contribution in [0.25, 0.3) is 10.8 Å². The zero-order valence-electron chi connectivity index (χ0n) is 20.0. The van der Waals surface area contributed by atoms with E-state index in [1.165, 1.54) is 19.4 Å². The number of benzene rings is 2. The molecule has 1 unspecified atom stereocenters. The molecule has 1 atom stereocenters. The summed E-state index contributed by atoms with van der Waals surface area (Å²) in [6, 6.07) is 10.3. The van der Waals surface area contributed by atoms with Gasteiger partial charge in [0.1, 0.15) is 0 Å². The minimum absolute atomic E-state index is 0.229. The second kappa shape index (κ2) is 8.12. The van der Waals surface area contributed by atoms with E-state index in [0.29, 0.717) is 16.8 Å². The van der Waals surface area contributed by atoms with Gasteiger partial charge in [-0.2, -0.15) is 18.3 Å². The lowest BCUT2D eigenvalue weighted by atomic mass is 9.78.